The Morgan fingerprint density at radius 2 is 1.96 bits per heavy atom. The van der Waals surface area contributed by atoms with Crippen LogP contribution in [0.4, 0.5) is 4.79 Å². The molecule has 0 unspecified atom stereocenters. The number of rotatable bonds is 3. The number of hydrogen-bond acceptors (Lipinski definition) is 5. The summed E-state index contributed by atoms with van der Waals surface area (Å²) in [7, 11) is 0. The van der Waals surface area contributed by atoms with Crippen molar-refractivity contribution in [3.8, 4) is 0 Å². The number of urea groups is 1. The number of amides is 3. The lowest BCUT2D eigenvalue weighted by atomic mass is 9.95. The molecule has 144 valence electrons. The van der Waals surface area contributed by atoms with E-state index >= 15 is 0 Å². The van der Waals surface area contributed by atoms with Gasteiger partial charge in [0.2, 0.25) is 0 Å². The second-order valence-electron chi connectivity index (χ2n) is 7.02. The quantitative estimate of drug-likeness (QED) is 0.833. The molecule has 2 fully saturated rings. The van der Waals surface area contributed by atoms with Gasteiger partial charge in [0, 0.05) is 32.7 Å². The fraction of sp³-hybridized carbons (Fsp3) is 0.667. The number of ether oxygens (including phenoxy) is 1. The molecule has 26 heavy (non-hydrogen) atoms. The minimum atomic E-state index is -0.998. The predicted molar refractivity (Wildman–Crippen MR) is 93.9 cm³/mol. The highest BCUT2D eigenvalue weighted by molar-refractivity contribution is 5.95. The predicted octanol–water partition coefficient (Wildman–Crippen LogP) is 0.987. The van der Waals surface area contributed by atoms with E-state index in [-0.39, 0.29) is 18.5 Å². The molecule has 3 rings (SSSR count). The lowest BCUT2D eigenvalue weighted by Crippen LogP contribution is -2.51. The topological polar surface area (TPSA) is 95.2 Å². The van der Waals surface area contributed by atoms with Crippen molar-refractivity contribution in [3.05, 3.63) is 23.7 Å². The molecule has 2 aliphatic heterocycles. The van der Waals surface area contributed by atoms with Crippen molar-refractivity contribution in [1.82, 2.24) is 15.1 Å². The summed E-state index contributed by atoms with van der Waals surface area (Å²) in [4.78, 5) is 28.3. The molecule has 2 aliphatic rings. The van der Waals surface area contributed by atoms with Gasteiger partial charge in [-0.1, -0.05) is 0 Å². The summed E-state index contributed by atoms with van der Waals surface area (Å²) in [5.74, 6) is 0.533. The van der Waals surface area contributed by atoms with E-state index in [4.69, 9.17) is 9.15 Å². The van der Waals surface area contributed by atoms with E-state index in [9.17, 15) is 14.7 Å². The fourth-order valence-corrected chi connectivity index (χ4v) is 3.45. The van der Waals surface area contributed by atoms with Crippen LogP contribution in [0.5, 0.6) is 0 Å². The van der Waals surface area contributed by atoms with Crippen LogP contribution in [0.2, 0.25) is 0 Å². The van der Waals surface area contributed by atoms with E-state index in [0.29, 0.717) is 70.0 Å². The maximum Gasteiger partial charge on any atom is 0.317 e. The van der Waals surface area contributed by atoms with Crippen LogP contribution in [-0.2, 0) is 4.74 Å². The van der Waals surface area contributed by atoms with Crippen molar-refractivity contribution in [2.24, 2.45) is 0 Å². The number of aliphatic hydroxyl groups is 1. The molecule has 0 bridgehead atoms. The summed E-state index contributed by atoms with van der Waals surface area (Å²) in [6.45, 7) is 5.21. The second-order valence-corrected chi connectivity index (χ2v) is 7.02. The van der Waals surface area contributed by atoms with E-state index in [1.54, 1.807) is 22.8 Å². The number of nitrogens with one attached hydrogen (secondary N) is 1. The first-order valence-electron chi connectivity index (χ1n) is 9.15. The fourth-order valence-electron chi connectivity index (χ4n) is 3.45. The van der Waals surface area contributed by atoms with Gasteiger partial charge in [-0.15, -0.1) is 0 Å². The zero-order chi connectivity index (χ0) is 18.6. The molecule has 2 saturated heterocycles. The van der Waals surface area contributed by atoms with Crippen molar-refractivity contribution in [2.45, 2.75) is 31.8 Å². The van der Waals surface area contributed by atoms with Crippen LogP contribution in [0.25, 0.3) is 0 Å². The molecule has 1 aromatic heterocycles. The van der Waals surface area contributed by atoms with Crippen molar-refractivity contribution in [2.75, 3.05) is 45.9 Å². The third-order valence-electron chi connectivity index (χ3n) is 5.16. The van der Waals surface area contributed by atoms with Crippen molar-refractivity contribution in [1.29, 1.82) is 0 Å². The number of hydrogen-bond donors (Lipinski definition) is 2. The largest absolute Gasteiger partial charge is 0.469 e. The van der Waals surface area contributed by atoms with Crippen LogP contribution in [0.15, 0.2) is 16.7 Å². The number of furan rings is 1. The Morgan fingerprint density at radius 3 is 2.65 bits per heavy atom. The molecule has 1 atom stereocenters. The Balaban J connectivity index is 1.52. The molecule has 0 aliphatic carbocycles. The zero-order valence-corrected chi connectivity index (χ0v) is 15.2. The molecule has 8 nitrogen and oxygen atoms in total. The maximum atomic E-state index is 12.6. The van der Waals surface area contributed by atoms with Crippen molar-refractivity contribution in [3.63, 3.8) is 0 Å². The molecule has 1 aromatic rings. The molecule has 0 radical (unpaired) electrons. The minimum Gasteiger partial charge on any atom is -0.469 e. The van der Waals surface area contributed by atoms with Gasteiger partial charge < -0.3 is 29.4 Å². The first-order valence-corrected chi connectivity index (χ1v) is 9.15. The van der Waals surface area contributed by atoms with E-state index in [1.165, 1.54) is 6.26 Å². The molecule has 0 saturated carbocycles. The maximum absolute atomic E-state index is 12.6. The number of carbonyl (C=O) groups is 2. The molecule has 0 spiro atoms. The van der Waals surface area contributed by atoms with Gasteiger partial charge in [-0.25, -0.2) is 4.79 Å². The highest BCUT2D eigenvalue weighted by atomic mass is 16.5. The van der Waals surface area contributed by atoms with Gasteiger partial charge in [-0.05, 0) is 32.3 Å². The van der Waals surface area contributed by atoms with E-state index < -0.39 is 5.60 Å². The second kappa shape index (κ2) is 8.09. The minimum absolute atomic E-state index is 0.0714. The number of morpholine rings is 1. The highest BCUT2D eigenvalue weighted by Gasteiger charge is 2.33. The van der Waals surface area contributed by atoms with Crippen LogP contribution < -0.4 is 5.32 Å². The Bertz CT molecular complexity index is 641. The zero-order valence-electron chi connectivity index (χ0n) is 15.2. The molecular formula is C18H27N3O5. The first-order chi connectivity index (χ1) is 12.5. The summed E-state index contributed by atoms with van der Waals surface area (Å²) >= 11 is 0. The van der Waals surface area contributed by atoms with Crippen molar-refractivity contribution < 1.29 is 23.8 Å². The average Bonchev–Trinajstić information content (AvgIpc) is 2.98. The van der Waals surface area contributed by atoms with Gasteiger partial charge in [-0.3, -0.25) is 4.79 Å². The Morgan fingerprint density at radius 1 is 1.19 bits per heavy atom. The summed E-state index contributed by atoms with van der Waals surface area (Å²) in [5.41, 5.74) is -0.432. The third-order valence-corrected chi connectivity index (χ3v) is 5.16. The van der Waals surface area contributed by atoms with E-state index in [2.05, 4.69) is 5.32 Å². The lowest BCUT2D eigenvalue weighted by molar-refractivity contribution is 0.0227. The molecule has 8 heteroatoms. The summed E-state index contributed by atoms with van der Waals surface area (Å²) in [5, 5.41) is 13.7. The van der Waals surface area contributed by atoms with E-state index in [1.807, 2.05) is 0 Å². The van der Waals surface area contributed by atoms with Gasteiger partial charge in [0.1, 0.15) is 5.76 Å². The summed E-state index contributed by atoms with van der Waals surface area (Å²) in [6.07, 6.45) is 3.17. The normalized spacial score (nSPS) is 24.2. The van der Waals surface area contributed by atoms with Gasteiger partial charge in [0.15, 0.2) is 0 Å². The Labute approximate surface area is 153 Å². The number of carbonyl (C=O) groups excluding carboxylic acids is 2. The number of nitrogens with zero attached hydrogens (tertiary/aromatic N) is 2. The van der Waals surface area contributed by atoms with Crippen LogP contribution in [0, 0.1) is 6.92 Å². The molecule has 3 heterocycles. The smallest absolute Gasteiger partial charge is 0.317 e. The Hall–Kier alpha value is -2.06. The number of aryl methyl sites for hydroxylation is 1. The van der Waals surface area contributed by atoms with Gasteiger partial charge in [-0.2, -0.15) is 0 Å². The SMILES string of the molecule is Cc1occc1C(=O)N1CCC[C@@](O)(CNC(=O)N2CCOCC2)CC1. The van der Waals surface area contributed by atoms with Crippen LogP contribution >= 0.6 is 0 Å². The molecular weight excluding hydrogens is 338 g/mol. The number of likely N-dealkylation sites (tertiary alicyclic amines) is 1. The first kappa shape index (κ1) is 18.7. The van der Waals surface area contributed by atoms with Gasteiger partial charge >= 0.3 is 6.03 Å². The van der Waals surface area contributed by atoms with E-state index in [0.717, 1.165) is 0 Å². The van der Waals surface area contributed by atoms with Gasteiger partial charge in [0.05, 0.1) is 30.6 Å². The lowest BCUT2D eigenvalue weighted by Gasteiger charge is -2.31. The molecule has 0 aromatic carbocycles. The van der Waals surface area contributed by atoms with Crippen LogP contribution in [0.1, 0.15) is 35.4 Å². The van der Waals surface area contributed by atoms with Crippen molar-refractivity contribution >= 4 is 11.9 Å². The van der Waals surface area contributed by atoms with Crippen LogP contribution in [-0.4, -0.2) is 78.4 Å². The highest BCUT2D eigenvalue weighted by Crippen LogP contribution is 2.23. The standard InChI is InChI=1S/C18H27N3O5/c1-14-15(3-10-26-14)16(22)20-6-2-4-18(24,5-7-20)13-19-17(23)21-8-11-25-12-9-21/h3,10,24H,2,4-9,11-13H2,1H3,(H,19,23)/t18-/m0/s1. The average molecular weight is 365 g/mol. The Kier molecular flexibility index (Phi) is 5.83. The molecule has 3 amide bonds. The third kappa shape index (κ3) is 4.37. The summed E-state index contributed by atoms with van der Waals surface area (Å²) < 4.78 is 10.5. The summed E-state index contributed by atoms with van der Waals surface area (Å²) in [6, 6.07) is 1.50. The monoisotopic (exact) mass is 365 g/mol. The molecule has 2 N–H and O–H groups in total. The van der Waals surface area contributed by atoms with Gasteiger partial charge in [0.25, 0.3) is 5.91 Å². The van der Waals surface area contributed by atoms with Crippen LogP contribution in [0.3, 0.4) is 0 Å².